The second-order valence-electron chi connectivity index (χ2n) is 12.1. The number of esters is 1. The van der Waals surface area contributed by atoms with Gasteiger partial charge in [-0.1, -0.05) is 37.8 Å². The van der Waals surface area contributed by atoms with Crippen LogP contribution in [0.2, 0.25) is 0 Å². The molecule has 2 saturated heterocycles. The number of fused-ring (bicyclic) bond motifs is 5. The molecule has 0 radical (unpaired) electrons. The molecule has 4 atom stereocenters. The number of carbonyl (C=O) groups is 2. The van der Waals surface area contributed by atoms with Crippen molar-refractivity contribution >= 4 is 22.8 Å². The minimum Gasteiger partial charge on any atom is -0.466 e. The van der Waals surface area contributed by atoms with Crippen molar-refractivity contribution in [3.63, 3.8) is 0 Å². The third kappa shape index (κ3) is 5.42. The fraction of sp³-hybridized carbons (Fsp3) is 0.677. The number of rotatable bonds is 7. The highest BCUT2D eigenvalue weighted by atomic mass is 16.5. The van der Waals surface area contributed by atoms with Crippen LogP contribution in [0.15, 0.2) is 29.1 Å². The number of para-hydroxylation sites is 2. The molecule has 4 fully saturated rings. The Bertz CT molecular complexity index is 1250. The molecule has 6 rings (SSSR count). The number of aromatic nitrogens is 2. The Balaban J connectivity index is 1.28. The lowest BCUT2D eigenvalue weighted by atomic mass is 9.75. The summed E-state index contributed by atoms with van der Waals surface area (Å²) in [5, 5.41) is 0. The first kappa shape index (κ1) is 26.6. The molecule has 8 nitrogen and oxygen atoms in total. The van der Waals surface area contributed by atoms with Crippen LogP contribution in [0.4, 0.5) is 0 Å². The number of morpholine rings is 1. The maximum atomic E-state index is 13.9. The summed E-state index contributed by atoms with van der Waals surface area (Å²) in [6, 6.07) is 8.72. The van der Waals surface area contributed by atoms with Gasteiger partial charge in [0.25, 0.3) is 5.56 Å². The van der Waals surface area contributed by atoms with Crippen molar-refractivity contribution < 1.29 is 19.1 Å². The van der Waals surface area contributed by atoms with E-state index in [1.54, 1.807) is 6.92 Å². The van der Waals surface area contributed by atoms with E-state index in [1.807, 2.05) is 28.8 Å². The summed E-state index contributed by atoms with van der Waals surface area (Å²) in [4.78, 5) is 46.1. The monoisotopic (exact) mass is 535 g/mol. The van der Waals surface area contributed by atoms with E-state index in [0.717, 1.165) is 30.2 Å². The fourth-order valence-electron chi connectivity index (χ4n) is 8.10. The summed E-state index contributed by atoms with van der Waals surface area (Å²) < 4.78 is 12.9. The molecule has 1 aromatic carbocycles. The van der Waals surface area contributed by atoms with Crippen LogP contribution in [0.5, 0.6) is 0 Å². The van der Waals surface area contributed by atoms with Crippen molar-refractivity contribution in [2.45, 2.75) is 102 Å². The van der Waals surface area contributed by atoms with Crippen LogP contribution in [0, 0.1) is 11.8 Å². The van der Waals surface area contributed by atoms with Crippen LogP contribution in [-0.2, 0) is 14.3 Å². The highest BCUT2D eigenvalue weighted by molar-refractivity contribution is 5.97. The van der Waals surface area contributed by atoms with Crippen molar-refractivity contribution in [2.75, 3.05) is 19.8 Å². The highest BCUT2D eigenvalue weighted by Crippen LogP contribution is 2.44. The second-order valence-corrected chi connectivity index (χ2v) is 12.1. The number of ketones is 1. The molecule has 2 aromatic rings. The van der Waals surface area contributed by atoms with Crippen molar-refractivity contribution in [2.24, 2.45) is 11.8 Å². The smallest absolute Gasteiger partial charge is 0.306 e. The Morgan fingerprint density at radius 1 is 0.923 bits per heavy atom. The molecule has 0 amide bonds. The molecule has 0 N–H and O–H groups in total. The lowest BCUT2D eigenvalue weighted by Gasteiger charge is -2.54. The van der Waals surface area contributed by atoms with E-state index < -0.39 is 11.8 Å². The zero-order valence-corrected chi connectivity index (χ0v) is 23.1. The average molecular weight is 536 g/mol. The Kier molecular flexibility index (Phi) is 7.85. The van der Waals surface area contributed by atoms with Crippen LogP contribution < -0.4 is 5.56 Å². The Hall–Kier alpha value is -2.58. The van der Waals surface area contributed by atoms with E-state index in [4.69, 9.17) is 9.47 Å². The molecule has 1 aromatic heterocycles. The SMILES string of the molecule is CCOC(=O)CCC(=O)c1nc2ccccc2n(C2CC3COCC(C2)N3C2CC3CCCCC(C3)C2)c1=O. The van der Waals surface area contributed by atoms with Crippen LogP contribution >= 0.6 is 0 Å². The van der Waals surface area contributed by atoms with Crippen molar-refractivity contribution in [3.8, 4) is 0 Å². The quantitative estimate of drug-likeness (QED) is 0.375. The first-order valence-electron chi connectivity index (χ1n) is 15.1. The summed E-state index contributed by atoms with van der Waals surface area (Å²) in [5.41, 5.74) is 0.990. The number of Topliss-reactive ketones (excluding diaryl/α,β-unsaturated/α-hetero) is 1. The van der Waals surface area contributed by atoms with Crippen molar-refractivity contribution in [1.82, 2.24) is 14.5 Å². The van der Waals surface area contributed by atoms with E-state index in [1.165, 1.54) is 44.9 Å². The Labute approximate surface area is 230 Å². The summed E-state index contributed by atoms with van der Waals surface area (Å²) in [7, 11) is 0. The molecule has 4 aliphatic rings. The number of nitrogens with zero attached hydrogens (tertiary/aromatic N) is 3. The van der Waals surface area contributed by atoms with Crippen LogP contribution in [0.3, 0.4) is 0 Å². The Morgan fingerprint density at radius 2 is 1.62 bits per heavy atom. The molecule has 4 bridgehead atoms. The molecule has 2 aliphatic heterocycles. The van der Waals surface area contributed by atoms with Gasteiger partial charge in [-0.3, -0.25) is 19.3 Å². The topological polar surface area (TPSA) is 90.7 Å². The van der Waals surface area contributed by atoms with Gasteiger partial charge in [-0.15, -0.1) is 0 Å². The van der Waals surface area contributed by atoms with E-state index >= 15 is 0 Å². The minimum absolute atomic E-state index is 0.0250. The summed E-state index contributed by atoms with van der Waals surface area (Å²) >= 11 is 0. The predicted octanol–water partition coefficient (Wildman–Crippen LogP) is 4.69. The number of carbonyl (C=O) groups excluding carboxylic acids is 2. The normalized spacial score (nSPS) is 31.0. The molecule has 8 heteroatoms. The third-order valence-electron chi connectivity index (χ3n) is 9.61. The van der Waals surface area contributed by atoms with Gasteiger partial charge < -0.3 is 14.0 Å². The van der Waals surface area contributed by atoms with E-state index in [-0.39, 0.29) is 48.8 Å². The summed E-state index contributed by atoms with van der Waals surface area (Å²) in [6.07, 6.45) is 11.0. The summed E-state index contributed by atoms with van der Waals surface area (Å²) in [5.74, 6) is 0.865. The van der Waals surface area contributed by atoms with Gasteiger partial charge >= 0.3 is 5.97 Å². The second kappa shape index (κ2) is 11.5. The standard InChI is InChI=1S/C31H41N3O5/c1-2-39-29(36)12-11-28(35)30-31(37)34(27-10-6-5-9-26(27)32-30)23-16-24-18-38-19-25(17-23)33(24)22-14-20-7-3-4-8-21(13-20)15-22/h5-6,9-10,20-25H,2-4,7-8,11-19H2,1H3. The van der Waals surface area contributed by atoms with Gasteiger partial charge in [0.15, 0.2) is 11.5 Å². The Morgan fingerprint density at radius 3 is 2.31 bits per heavy atom. The molecule has 210 valence electrons. The zero-order chi connectivity index (χ0) is 26.9. The maximum absolute atomic E-state index is 13.9. The number of hydrogen-bond acceptors (Lipinski definition) is 7. The molecule has 4 unspecified atom stereocenters. The van der Waals surface area contributed by atoms with Gasteiger partial charge in [0.1, 0.15) is 0 Å². The molecule has 39 heavy (non-hydrogen) atoms. The highest BCUT2D eigenvalue weighted by Gasteiger charge is 2.46. The van der Waals surface area contributed by atoms with Crippen LogP contribution in [0.1, 0.15) is 94.1 Å². The van der Waals surface area contributed by atoms with Gasteiger partial charge in [-0.05, 0) is 63.0 Å². The third-order valence-corrected chi connectivity index (χ3v) is 9.61. The van der Waals surface area contributed by atoms with Crippen LogP contribution in [0.25, 0.3) is 11.0 Å². The number of hydrogen-bond donors (Lipinski definition) is 0. The molecule has 2 aliphatic carbocycles. The largest absolute Gasteiger partial charge is 0.466 e. The van der Waals surface area contributed by atoms with E-state index in [2.05, 4.69) is 9.88 Å². The molecular weight excluding hydrogens is 494 g/mol. The number of ether oxygens (including phenoxy) is 2. The fourth-order valence-corrected chi connectivity index (χ4v) is 8.10. The van der Waals surface area contributed by atoms with Gasteiger partial charge in [-0.2, -0.15) is 0 Å². The first-order chi connectivity index (χ1) is 19.0. The van der Waals surface area contributed by atoms with E-state index in [0.29, 0.717) is 24.8 Å². The zero-order valence-electron chi connectivity index (χ0n) is 23.1. The lowest BCUT2D eigenvalue weighted by Crippen LogP contribution is -2.62. The molecule has 2 saturated carbocycles. The van der Waals surface area contributed by atoms with Gasteiger partial charge in [0.2, 0.25) is 0 Å². The number of piperidine rings is 1. The van der Waals surface area contributed by atoms with E-state index in [9.17, 15) is 14.4 Å². The van der Waals surface area contributed by atoms with Gasteiger partial charge in [0, 0.05) is 30.6 Å². The minimum atomic E-state index is -0.435. The molecule has 3 heterocycles. The predicted molar refractivity (Wildman–Crippen MR) is 148 cm³/mol. The molecule has 0 spiro atoms. The number of benzene rings is 1. The van der Waals surface area contributed by atoms with Gasteiger partial charge in [0.05, 0.1) is 37.3 Å². The van der Waals surface area contributed by atoms with Gasteiger partial charge in [-0.25, -0.2) is 4.98 Å². The molecular formula is C31H41N3O5. The lowest BCUT2D eigenvalue weighted by molar-refractivity contribution is -0.143. The van der Waals surface area contributed by atoms with Crippen LogP contribution in [-0.4, -0.2) is 64.1 Å². The first-order valence-corrected chi connectivity index (χ1v) is 15.1. The van der Waals surface area contributed by atoms with Crippen molar-refractivity contribution in [3.05, 3.63) is 40.3 Å². The summed E-state index contributed by atoms with van der Waals surface area (Å²) in [6.45, 7) is 3.39. The van der Waals surface area contributed by atoms with Crippen molar-refractivity contribution in [1.29, 1.82) is 0 Å². The maximum Gasteiger partial charge on any atom is 0.306 e. The average Bonchev–Trinajstić information content (AvgIpc) is 3.10.